The lowest BCUT2D eigenvalue weighted by atomic mass is 10.00. The average Bonchev–Trinajstić information content (AvgIpc) is 3.24. The molecule has 0 aliphatic carbocycles. The van der Waals surface area contributed by atoms with E-state index in [4.69, 9.17) is 5.73 Å². The number of halogens is 2. The summed E-state index contributed by atoms with van der Waals surface area (Å²) in [5.41, 5.74) is 10.4. The van der Waals surface area contributed by atoms with Crippen molar-refractivity contribution in [2.75, 3.05) is 0 Å². The number of hydrogen-bond acceptors (Lipinski definition) is 2. The summed E-state index contributed by atoms with van der Waals surface area (Å²) in [4.78, 5) is 12.2. The number of benzene rings is 1. The Morgan fingerprint density at radius 3 is 2.59 bits per heavy atom. The number of primary amides is 1. The molecule has 0 saturated carbocycles. The van der Waals surface area contributed by atoms with Gasteiger partial charge in [0.15, 0.2) is 11.6 Å². The van der Waals surface area contributed by atoms with E-state index in [2.05, 4.69) is 6.92 Å². The van der Waals surface area contributed by atoms with E-state index in [1.54, 1.807) is 17.4 Å². The van der Waals surface area contributed by atoms with Crippen molar-refractivity contribution in [2.24, 2.45) is 5.73 Å². The van der Waals surface area contributed by atoms with E-state index in [1.165, 1.54) is 6.07 Å². The summed E-state index contributed by atoms with van der Waals surface area (Å²) in [6, 6.07) is 5.87. The van der Waals surface area contributed by atoms with Crippen LogP contribution in [0.2, 0.25) is 0 Å². The molecule has 0 aliphatic heterocycles. The average molecular weight is 388 g/mol. The highest BCUT2D eigenvalue weighted by molar-refractivity contribution is 7.08. The van der Waals surface area contributed by atoms with Gasteiger partial charge >= 0.3 is 0 Å². The summed E-state index contributed by atoms with van der Waals surface area (Å²) in [6.45, 7) is 4.31. The normalized spacial score (nSPS) is 11.1. The highest BCUT2D eigenvalue weighted by Crippen LogP contribution is 2.35. The molecule has 1 aromatic carbocycles. The number of rotatable bonds is 7. The zero-order valence-corrected chi connectivity index (χ0v) is 16.2. The van der Waals surface area contributed by atoms with Crippen molar-refractivity contribution in [1.82, 2.24) is 4.57 Å². The Bertz CT molecular complexity index is 961. The molecule has 0 aliphatic rings. The van der Waals surface area contributed by atoms with Gasteiger partial charge in [0.25, 0.3) is 5.91 Å². The lowest BCUT2D eigenvalue weighted by Crippen LogP contribution is -2.13. The number of nitrogens with zero attached hydrogens (tertiary/aromatic N) is 1. The van der Waals surface area contributed by atoms with Crippen LogP contribution in [0.3, 0.4) is 0 Å². The first kappa shape index (κ1) is 19.3. The Labute approximate surface area is 161 Å². The van der Waals surface area contributed by atoms with Gasteiger partial charge in [0, 0.05) is 23.5 Å². The van der Waals surface area contributed by atoms with Gasteiger partial charge in [0.05, 0.1) is 5.56 Å². The van der Waals surface area contributed by atoms with Crippen molar-refractivity contribution in [1.29, 1.82) is 0 Å². The van der Waals surface area contributed by atoms with Crippen molar-refractivity contribution in [2.45, 2.75) is 39.7 Å². The van der Waals surface area contributed by atoms with Crippen molar-refractivity contribution in [3.63, 3.8) is 0 Å². The lowest BCUT2D eigenvalue weighted by Gasteiger charge is -2.13. The second-order valence-corrected chi connectivity index (χ2v) is 7.38. The molecule has 0 spiro atoms. The number of aromatic nitrogens is 1. The third-order valence-electron chi connectivity index (χ3n) is 4.78. The molecule has 1 amide bonds. The molecule has 2 aromatic heterocycles. The maximum atomic E-state index is 13.7. The Hall–Kier alpha value is -2.47. The molecule has 3 aromatic rings. The molecule has 0 unspecified atom stereocenters. The molecule has 0 saturated heterocycles. The summed E-state index contributed by atoms with van der Waals surface area (Å²) in [6.07, 6.45) is 2.74. The fourth-order valence-corrected chi connectivity index (χ4v) is 4.10. The number of unbranched alkanes of at least 4 members (excludes halogenated alkanes) is 1. The van der Waals surface area contributed by atoms with Crippen molar-refractivity contribution < 1.29 is 13.6 Å². The van der Waals surface area contributed by atoms with Crippen LogP contribution in [-0.4, -0.2) is 10.5 Å². The molecule has 6 heteroatoms. The van der Waals surface area contributed by atoms with Crippen LogP contribution >= 0.6 is 11.3 Å². The number of nitrogens with two attached hydrogens (primary N) is 1. The number of carbonyl (C=O) groups excluding carboxylic acids is 1. The molecule has 2 N–H and O–H groups in total. The lowest BCUT2D eigenvalue weighted by molar-refractivity contribution is 0.1000. The van der Waals surface area contributed by atoms with Gasteiger partial charge in [-0.25, -0.2) is 8.78 Å². The minimum Gasteiger partial charge on any atom is -0.366 e. The minimum atomic E-state index is -0.874. The quantitative estimate of drug-likeness (QED) is 0.587. The molecule has 0 fully saturated rings. The van der Waals surface area contributed by atoms with Crippen molar-refractivity contribution in [3.05, 3.63) is 69.2 Å². The van der Waals surface area contributed by atoms with Crippen molar-refractivity contribution in [3.8, 4) is 11.1 Å². The van der Waals surface area contributed by atoms with E-state index >= 15 is 0 Å². The summed E-state index contributed by atoms with van der Waals surface area (Å²) in [7, 11) is 0. The summed E-state index contributed by atoms with van der Waals surface area (Å²) < 4.78 is 29.0. The van der Waals surface area contributed by atoms with Gasteiger partial charge in [-0.15, -0.1) is 0 Å². The van der Waals surface area contributed by atoms with E-state index in [-0.39, 0.29) is 0 Å². The zero-order valence-electron chi connectivity index (χ0n) is 15.4. The maximum Gasteiger partial charge on any atom is 0.251 e. The fourth-order valence-electron chi connectivity index (χ4n) is 3.46. The first-order chi connectivity index (χ1) is 12.9. The van der Waals surface area contributed by atoms with Gasteiger partial charge in [0.1, 0.15) is 0 Å². The Balaban J connectivity index is 2.18. The molecule has 3 nitrogen and oxygen atoms in total. The smallest absolute Gasteiger partial charge is 0.251 e. The van der Waals surface area contributed by atoms with Crippen LogP contribution in [0.4, 0.5) is 8.78 Å². The molecule has 0 atom stereocenters. The van der Waals surface area contributed by atoms with Crippen LogP contribution in [0.1, 0.15) is 47.1 Å². The van der Waals surface area contributed by atoms with Crippen LogP contribution in [0, 0.1) is 18.6 Å². The van der Waals surface area contributed by atoms with E-state index in [9.17, 15) is 13.6 Å². The van der Waals surface area contributed by atoms with Gasteiger partial charge in [0.2, 0.25) is 0 Å². The molecule has 27 heavy (non-hydrogen) atoms. The van der Waals surface area contributed by atoms with Gasteiger partial charge in [-0.3, -0.25) is 4.79 Å². The predicted octanol–water partition coefficient (Wildman–Crippen LogP) is 5.29. The highest BCUT2D eigenvalue weighted by atomic mass is 32.1. The molecular formula is C21H22F2N2OS. The van der Waals surface area contributed by atoms with Gasteiger partial charge in [-0.05, 0) is 59.9 Å². The minimum absolute atomic E-state index is 0.354. The third-order valence-corrected chi connectivity index (χ3v) is 5.46. The zero-order chi connectivity index (χ0) is 19.6. The number of amides is 1. The Morgan fingerprint density at radius 2 is 2.00 bits per heavy atom. The summed E-state index contributed by atoms with van der Waals surface area (Å²) in [5, 5.41) is 3.96. The molecule has 0 radical (unpaired) electrons. The standard InChI is InChI=1S/C21H22F2N2OS/c1-3-4-5-18-20(15-8-9-27-12-15)19(21(24)26)13(2)25(18)11-14-6-7-16(22)17(23)10-14/h6-10,12H,3-5,11H2,1-2H3,(H2,24,26). The topological polar surface area (TPSA) is 48.0 Å². The van der Waals surface area contributed by atoms with E-state index in [0.717, 1.165) is 47.8 Å². The van der Waals surface area contributed by atoms with E-state index < -0.39 is 17.5 Å². The molecule has 2 heterocycles. The number of hydrogen-bond donors (Lipinski definition) is 1. The SMILES string of the molecule is CCCCc1c(-c2ccsc2)c(C(N)=O)c(C)n1Cc1ccc(F)c(F)c1. The highest BCUT2D eigenvalue weighted by Gasteiger charge is 2.25. The molecular weight excluding hydrogens is 366 g/mol. The predicted molar refractivity (Wildman–Crippen MR) is 105 cm³/mol. The Kier molecular flexibility index (Phi) is 5.75. The van der Waals surface area contributed by atoms with Crippen LogP contribution in [0.5, 0.6) is 0 Å². The second kappa shape index (κ2) is 8.05. The number of thiophene rings is 1. The van der Waals surface area contributed by atoms with E-state index in [1.807, 2.05) is 28.3 Å². The molecule has 3 rings (SSSR count). The van der Waals surface area contributed by atoms with Crippen LogP contribution in [0.15, 0.2) is 35.0 Å². The first-order valence-corrected chi connectivity index (χ1v) is 9.86. The van der Waals surface area contributed by atoms with Gasteiger partial charge in [-0.1, -0.05) is 19.4 Å². The number of carbonyl (C=O) groups is 1. The van der Waals surface area contributed by atoms with Crippen LogP contribution < -0.4 is 5.73 Å². The second-order valence-electron chi connectivity index (χ2n) is 6.60. The summed E-state index contributed by atoms with van der Waals surface area (Å²) >= 11 is 1.56. The fraction of sp³-hybridized carbons (Fsp3) is 0.286. The van der Waals surface area contributed by atoms with Crippen molar-refractivity contribution >= 4 is 17.2 Å². The van der Waals surface area contributed by atoms with Crippen LogP contribution in [-0.2, 0) is 13.0 Å². The first-order valence-electron chi connectivity index (χ1n) is 8.92. The molecule has 142 valence electrons. The maximum absolute atomic E-state index is 13.7. The van der Waals surface area contributed by atoms with Crippen LogP contribution in [0.25, 0.3) is 11.1 Å². The molecule has 0 bridgehead atoms. The largest absolute Gasteiger partial charge is 0.366 e. The monoisotopic (exact) mass is 388 g/mol. The van der Waals surface area contributed by atoms with Gasteiger partial charge < -0.3 is 10.3 Å². The Morgan fingerprint density at radius 1 is 1.22 bits per heavy atom. The van der Waals surface area contributed by atoms with E-state index in [0.29, 0.717) is 17.7 Å². The third kappa shape index (κ3) is 3.81. The van der Waals surface area contributed by atoms with Gasteiger partial charge in [-0.2, -0.15) is 11.3 Å². The summed E-state index contributed by atoms with van der Waals surface area (Å²) in [5.74, 6) is -2.22.